The van der Waals surface area contributed by atoms with Crippen LogP contribution < -0.4 is 0 Å². The Balaban J connectivity index is 2.92. The zero-order valence-corrected chi connectivity index (χ0v) is 6.22. The first kappa shape index (κ1) is 7.64. The first-order valence-electron chi connectivity index (χ1n) is 3.08. The normalized spacial score (nSPS) is 12.9. The molecule has 11 heavy (non-hydrogen) atoms. The van der Waals surface area contributed by atoms with Crippen LogP contribution in [-0.2, 0) is 11.8 Å². The van der Waals surface area contributed by atoms with Crippen LogP contribution in [-0.4, -0.2) is 31.3 Å². The lowest BCUT2D eigenvalue weighted by Gasteiger charge is -2.01. The van der Waals surface area contributed by atoms with Crippen LogP contribution in [0.1, 0.15) is 18.7 Å². The summed E-state index contributed by atoms with van der Waals surface area (Å²) in [6, 6.07) is 0. The molecule has 0 aromatic carbocycles. The summed E-state index contributed by atoms with van der Waals surface area (Å²) in [4.78, 5) is 10.4. The fraction of sp³-hybridized carbons (Fsp3) is 0.600. The minimum Gasteiger partial charge on any atom is -0.481 e. The van der Waals surface area contributed by atoms with E-state index in [-0.39, 0.29) is 0 Å². The van der Waals surface area contributed by atoms with Crippen molar-refractivity contribution in [2.24, 2.45) is 7.05 Å². The first-order valence-corrected chi connectivity index (χ1v) is 3.08. The number of rotatable bonds is 2. The number of carbonyl (C=O) groups is 1. The molecule has 0 radical (unpaired) electrons. The van der Waals surface area contributed by atoms with E-state index in [1.807, 2.05) is 0 Å². The summed E-state index contributed by atoms with van der Waals surface area (Å²) in [7, 11) is 1.61. The lowest BCUT2D eigenvalue weighted by Crippen LogP contribution is -2.13. The van der Waals surface area contributed by atoms with E-state index >= 15 is 0 Å². The molecule has 0 aliphatic carbocycles. The number of nitrogens with zero attached hydrogens (tertiary/aromatic N) is 4. The number of hydrogen-bond donors (Lipinski definition) is 1. The molecule has 0 bridgehead atoms. The molecule has 1 rings (SSSR count). The molecule has 1 aromatic rings. The Bertz CT molecular complexity index is 269. The summed E-state index contributed by atoms with van der Waals surface area (Å²) >= 11 is 0. The molecule has 0 saturated carbocycles. The van der Waals surface area contributed by atoms with Gasteiger partial charge in [0.1, 0.15) is 5.92 Å². The van der Waals surface area contributed by atoms with Crippen LogP contribution in [0.25, 0.3) is 0 Å². The third kappa shape index (κ3) is 1.34. The highest BCUT2D eigenvalue weighted by molar-refractivity contribution is 5.74. The van der Waals surface area contributed by atoms with E-state index in [4.69, 9.17) is 5.11 Å². The molecule has 1 unspecified atom stereocenters. The van der Waals surface area contributed by atoms with Gasteiger partial charge in [0.2, 0.25) is 0 Å². The molecule has 1 aromatic heterocycles. The van der Waals surface area contributed by atoms with Gasteiger partial charge >= 0.3 is 5.97 Å². The second-order valence-electron chi connectivity index (χ2n) is 2.22. The second kappa shape index (κ2) is 2.65. The van der Waals surface area contributed by atoms with Crippen LogP contribution >= 0.6 is 0 Å². The molecule has 0 aliphatic heterocycles. The van der Waals surface area contributed by atoms with Crippen molar-refractivity contribution in [1.29, 1.82) is 0 Å². The summed E-state index contributed by atoms with van der Waals surface area (Å²) in [6.07, 6.45) is 0. The highest BCUT2D eigenvalue weighted by atomic mass is 16.4. The summed E-state index contributed by atoms with van der Waals surface area (Å²) in [5, 5.41) is 19.0. The van der Waals surface area contributed by atoms with Gasteiger partial charge in [-0.25, -0.2) is 4.68 Å². The topological polar surface area (TPSA) is 80.9 Å². The van der Waals surface area contributed by atoms with Crippen molar-refractivity contribution in [3.63, 3.8) is 0 Å². The molecule has 0 amide bonds. The molecule has 1 heterocycles. The minimum absolute atomic E-state index is 0.359. The maximum absolute atomic E-state index is 10.4. The second-order valence-corrected chi connectivity index (χ2v) is 2.22. The Kier molecular flexibility index (Phi) is 1.84. The highest BCUT2D eigenvalue weighted by Crippen LogP contribution is 2.08. The van der Waals surface area contributed by atoms with E-state index in [2.05, 4.69) is 15.5 Å². The van der Waals surface area contributed by atoms with Gasteiger partial charge in [0.25, 0.3) is 0 Å². The number of carboxylic acids is 1. The molecule has 0 spiro atoms. The van der Waals surface area contributed by atoms with Gasteiger partial charge in [-0.3, -0.25) is 4.79 Å². The smallest absolute Gasteiger partial charge is 0.314 e. The predicted octanol–water partition coefficient (Wildman–Crippen LogP) is -0.602. The average Bonchev–Trinajstić information content (AvgIpc) is 2.33. The largest absolute Gasteiger partial charge is 0.481 e. The lowest BCUT2D eigenvalue weighted by molar-refractivity contribution is -0.138. The van der Waals surface area contributed by atoms with E-state index in [9.17, 15) is 4.79 Å². The van der Waals surface area contributed by atoms with Crippen LogP contribution in [0.2, 0.25) is 0 Å². The van der Waals surface area contributed by atoms with Gasteiger partial charge in [0, 0.05) is 7.05 Å². The minimum atomic E-state index is -0.928. The molecule has 60 valence electrons. The van der Waals surface area contributed by atoms with Gasteiger partial charge in [0.05, 0.1) is 0 Å². The van der Waals surface area contributed by atoms with E-state index in [0.29, 0.717) is 5.82 Å². The summed E-state index contributed by atoms with van der Waals surface area (Å²) in [6.45, 7) is 1.54. The van der Waals surface area contributed by atoms with Gasteiger partial charge in [-0.2, -0.15) is 0 Å². The molecule has 0 fully saturated rings. The molecule has 0 aliphatic rings. The van der Waals surface area contributed by atoms with Crippen molar-refractivity contribution in [3.05, 3.63) is 5.82 Å². The van der Waals surface area contributed by atoms with Gasteiger partial charge in [-0.15, -0.1) is 5.10 Å². The SMILES string of the molecule is CC(C(=O)O)c1nnnn1C. The third-order valence-electron chi connectivity index (χ3n) is 1.41. The Hall–Kier alpha value is -1.46. The fourth-order valence-corrected chi connectivity index (χ4v) is 0.714. The van der Waals surface area contributed by atoms with Gasteiger partial charge in [0.15, 0.2) is 5.82 Å². The van der Waals surface area contributed by atoms with Crippen molar-refractivity contribution in [2.45, 2.75) is 12.8 Å². The van der Waals surface area contributed by atoms with Crippen molar-refractivity contribution in [3.8, 4) is 0 Å². The van der Waals surface area contributed by atoms with Crippen LogP contribution in [0.3, 0.4) is 0 Å². The highest BCUT2D eigenvalue weighted by Gasteiger charge is 2.18. The molecular formula is C5H8N4O2. The van der Waals surface area contributed by atoms with Crippen molar-refractivity contribution < 1.29 is 9.90 Å². The van der Waals surface area contributed by atoms with E-state index in [0.717, 1.165) is 0 Å². The Morgan fingerprint density at radius 2 is 2.36 bits per heavy atom. The Morgan fingerprint density at radius 3 is 2.73 bits per heavy atom. The summed E-state index contributed by atoms with van der Waals surface area (Å²) in [5.41, 5.74) is 0. The first-order chi connectivity index (χ1) is 5.13. The molecule has 1 N–H and O–H groups in total. The summed E-state index contributed by atoms with van der Waals surface area (Å²) in [5.74, 6) is -1.23. The zero-order valence-electron chi connectivity index (χ0n) is 6.22. The van der Waals surface area contributed by atoms with Crippen LogP contribution in [0, 0.1) is 0 Å². The maximum Gasteiger partial charge on any atom is 0.314 e. The zero-order chi connectivity index (χ0) is 8.43. The lowest BCUT2D eigenvalue weighted by atomic mass is 10.2. The fourth-order valence-electron chi connectivity index (χ4n) is 0.714. The number of tetrazole rings is 1. The number of hydrogen-bond acceptors (Lipinski definition) is 4. The number of aliphatic carboxylic acids is 1. The van der Waals surface area contributed by atoms with E-state index < -0.39 is 11.9 Å². The maximum atomic E-state index is 10.4. The van der Waals surface area contributed by atoms with Crippen molar-refractivity contribution in [2.75, 3.05) is 0 Å². The quantitative estimate of drug-likeness (QED) is 0.618. The van der Waals surface area contributed by atoms with E-state index in [1.54, 1.807) is 7.05 Å². The van der Waals surface area contributed by atoms with Crippen LogP contribution in [0.5, 0.6) is 0 Å². The van der Waals surface area contributed by atoms with Crippen molar-refractivity contribution in [1.82, 2.24) is 20.2 Å². The third-order valence-corrected chi connectivity index (χ3v) is 1.41. The van der Waals surface area contributed by atoms with Gasteiger partial charge in [-0.1, -0.05) is 0 Å². The van der Waals surface area contributed by atoms with Gasteiger partial charge < -0.3 is 5.11 Å². The van der Waals surface area contributed by atoms with E-state index in [1.165, 1.54) is 11.6 Å². The number of carboxylic acid groups (broad SMARTS) is 1. The van der Waals surface area contributed by atoms with Crippen molar-refractivity contribution >= 4 is 5.97 Å². The monoisotopic (exact) mass is 156 g/mol. The molecule has 6 heteroatoms. The molecule has 6 nitrogen and oxygen atoms in total. The molecule has 1 atom stereocenters. The van der Waals surface area contributed by atoms with Crippen LogP contribution in [0.15, 0.2) is 0 Å². The summed E-state index contributed by atoms with van der Waals surface area (Å²) < 4.78 is 1.35. The average molecular weight is 156 g/mol. The molecular weight excluding hydrogens is 148 g/mol. The standard InChI is InChI=1S/C5H8N4O2/c1-3(5(10)11)4-6-7-8-9(4)2/h3H,1-2H3,(H,10,11). The Labute approximate surface area is 62.8 Å². The van der Waals surface area contributed by atoms with Crippen LogP contribution in [0.4, 0.5) is 0 Å². The number of aromatic nitrogens is 4. The molecule has 0 saturated heterocycles. The predicted molar refractivity (Wildman–Crippen MR) is 34.8 cm³/mol. The Morgan fingerprint density at radius 1 is 1.73 bits per heavy atom. The number of aryl methyl sites for hydroxylation is 1. The van der Waals surface area contributed by atoms with Gasteiger partial charge in [-0.05, 0) is 17.4 Å².